The summed E-state index contributed by atoms with van der Waals surface area (Å²) < 4.78 is 15.5. The number of fused-ring (bicyclic) bond motifs is 2. The molecule has 1 aliphatic carbocycles. The van der Waals surface area contributed by atoms with Crippen LogP contribution in [0.5, 0.6) is 11.5 Å². The summed E-state index contributed by atoms with van der Waals surface area (Å²) in [6.07, 6.45) is 1.10. The number of phenolic OH excluding ortho intramolecular Hbond substituents is 2. The predicted octanol–water partition coefficient (Wildman–Crippen LogP) is 3.54. The van der Waals surface area contributed by atoms with Gasteiger partial charge in [-0.3, -0.25) is 9.59 Å². The molecule has 0 saturated carbocycles. The Labute approximate surface area is 155 Å². The first kappa shape index (κ1) is 18.8. The van der Waals surface area contributed by atoms with Crippen LogP contribution in [0.4, 0.5) is 0 Å². The monoisotopic (exact) mass is 387 g/mol. The molecule has 0 aliphatic heterocycles. The number of phenols is 2. The van der Waals surface area contributed by atoms with Gasteiger partial charge in [0, 0.05) is 21.3 Å². The van der Waals surface area contributed by atoms with Crippen molar-refractivity contribution in [3.63, 3.8) is 0 Å². The number of aromatic hydroxyl groups is 2. The molecule has 0 radical (unpaired) electrons. The average molecular weight is 387 g/mol. The number of hydrogen-bond acceptors (Lipinski definition) is 6. The molecule has 27 heavy (non-hydrogen) atoms. The van der Waals surface area contributed by atoms with Gasteiger partial charge in [-0.2, -0.15) is 0 Å². The van der Waals surface area contributed by atoms with Crippen molar-refractivity contribution >= 4 is 25.4 Å². The third-order valence-corrected chi connectivity index (χ3v) is 4.61. The average Bonchev–Trinajstić information content (AvgIpc) is 2.58. The molecular weight excluding hydrogens is 371 g/mol. The van der Waals surface area contributed by atoms with Crippen LogP contribution in [0.25, 0.3) is 5.57 Å². The van der Waals surface area contributed by atoms with Crippen molar-refractivity contribution in [2.24, 2.45) is 5.92 Å². The summed E-state index contributed by atoms with van der Waals surface area (Å²) in [7, 11) is -2.86. The molecule has 3 rings (SSSR count). The Balaban J connectivity index is 2.21. The lowest BCUT2D eigenvalue weighted by atomic mass is 9.81. The third kappa shape index (κ3) is 3.23. The Kier molecular flexibility index (Phi) is 4.83. The van der Waals surface area contributed by atoms with Gasteiger partial charge in [-0.25, -0.2) is 4.52 Å². The van der Waals surface area contributed by atoms with Gasteiger partial charge in [0.1, 0.15) is 11.5 Å². The van der Waals surface area contributed by atoms with E-state index in [0.717, 1.165) is 6.26 Å². The van der Waals surface area contributed by atoms with Gasteiger partial charge in [0.2, 0.25) is 5.78 Å². The molecule has 7 nitrogen and oxygen atoms in total. The molecule has 8 heteroatoms. The largest absolute Gasteiger partial charge is 0.746 e. The Morgan fingerprint density at radius 1 is 1.04 bits per heavy atom. The van der Waals surface area contributed by atoms with Crippen molar-refractivity contribution < 1.29 is 33.8 Å². The van der Waals surface area contributed by atoms with Crippen LogP contribution in [0.1, 0.15) is 51.3 Å². The molecule has 0 amide bonds. The van der Waals surface area contributed by atoms with Gasteiger partial charge in [-0.05, 0) is 29.7 Å². The molecule has 0 saturated heterocycles. The molecule has 1 aliphatic rings. The number of allylic oxidation sites excluding steroid dienone is 1. The van der Waals surface area contributed by atoms with E-state index in [-0.39, 0.29) is 33.9 Å². The molecular formula is C19H16O7P+. The minimum atomic E-state index is -2.86. The lowest BCUT2D eigenvalue weighted by Crippen LogP contribution is -2.21. The molecule has 1 atom stereocenters. The predicted molar refractivity (Wildman–Crippen MR) is 96.8 cm³/mol. The zero-order chi connectivity index (χ0) is 19.9. The first-order chi connectivity index (χ1) is 12.7. The molecule has 138 valence electrons. The van der Waals surface area contributed by atoms with Crippen LogP contribution in [-0.2, 0) is 9.09 Å². The highest BCUT2D eigenvalue weighted by Crippen LogP contribution is 2.39. The first-order valence-corrected chi connectivity index (χ1v) is 9.17. The Hall–Kier alpha value is -3.02. The normalized spacial score (nSPS) is 14.1. The van der Waals surface area contributed by atoms with Crippen molar-refractivity contribution in [1.29, 1.82) is 0 Å². The molecule has 2 aromatic carbocycles. The highest BCUT2D eigenvalue weighted by Gasteiger charge is 2.34. The summed E-state index contributed by atoms with van der Waals surface area (Å²) >= 11 is 0. The Morgan fingerprint density at radius 2 is 1.70 bits per heavy atom. The maximum atomic E-state index is 12.9. The Morgan fingerprint density at radius 3 is 2.33 bits per heavy atom. The molecule has 0 bridgehead atoms. The standard InChI is InChI=1S/C19H15O7P/c1-9(2)13(8-26-27(24)25)10-6-12-17(15(21)7-10)19(23)16-11(18(12)22)4-3-5-14(16)20/h3-9H,1-2H3,(H2-,20,21,23,24,25)/p+1. The summed E-state index contributed by atoms with van der Waals surface area (Å²) in [6.45, 7) is 3.60. The summed E-state index contributed by atoms with van der Waals surface area (Å²) in [6, 6.07) is 6.91. The second-order valence-corrected chi connectivity index (χ2v) is 7.03. The van der Waals surface area contributed by atoms with Crippen molar-refractivity contribution in [2.45, 2.75) is 13.8 Å². The van der Waals surface area contributed by atoms with Crippen LogP contribution in [-0.4, -0.2) is 26.7 Å². The van der Waals surface area contributed by atoms with Crippen molar-refractivity contribution in [3.8, 4) is 11.5 Å². The summed E-state index contributed by atoms with van der Waals surface area (Å²) in [5, 5.41) is 20.4. The number of carbonyl (C=O) groups is 2. The van der Waals surface area contributed by atoms with E-state index < -0.39 is 25.6 Å². The zero-order valence-electron chi connectivity index (χ0n) is 14.5. The highest BCUT2D eigenvalue weighted by molar-refractivity contribution is 7.32. The first-order valence-electron chi connectivity index (χ1n) is 8.04. The molecule has 0 spiro atoms. The van der Waals surface area contributed by atoms with E-state index in [1.807, 2.05) is 0 Å². The fourth-order valence-corrected chi connectivity index (χ4v) is 3.29. The van der Waals surface area contributed by atoms with E-state index >= 15 is 0 Å². The number of hydrogen-bond donors (Lipinski definition) is 3. The van der Waals surface area contributed by atoms with Crippen LogP contribution in [0.2, 0.25) is 0 Å². The van der Waals surface area contributed by atoms with Gasteiger partial charge in [0.25, 0.3) is 0 Å². The molecule has 1 unspecified atom stereocenters. The van der Waals surface area contributed by atoms with Gasteiger partial charge >= 0.3 is 8.25 Å². The van der Waals surface area contributed by atoms with Crippen LogP contribution in [0, 0.1) is 5.92 Å². The Bertz CT molecular complexity index is 1020. The number of benzene rings is 2. The summed E-state index contributed by atoms with van der Waals surface area (Å²) in [5.41, 5.74) is 0.561. The number of rotatable bonds is 4. The van der Waals surface area contributed by atoms with E-state index in [0.29, 0.717) is 11.1 Å². The van der Waals surface area contributed by atoms with Crippen LogP contribution >= 0.6 is 8.25 Å². The van der Waals surface area contributed by atoms with Crippen molar-refractivity contribution in [3.05, 3.63) is 64.4 Å². The minimum Gasteiger partial charge on any atom is -0.507 e. The van der Waals surface area contributed by atoms with Crippen LogP contribution in [0.3, 0.4) is 0 Å². The molecule has 2 aromatic rings. The maximum absolute atomic E-state index is 12.9. The third-order valence-electron chi connectivity index (χ3n) is 4.33. The van der Waals surface area contributed by atoms with Gasteiger partial charge < -0.3 is 10.2 Å². The van der Waals surface area contributed by atoms with Crippen LogP contribution < -0.4 is 0 Å². The fraction of sp³-hybridized carbons (Fsp3) is 0.158. The molecule has 0 fully saturated rings. The molecule has 0 aromatic heterocycles. The van der Waals surface area contributed by atoms with Gasteiger partial charge in [0.05, 0.1) is 11.1 Å². The van der Waals surface area contributed by atoms with Gasteiger partial charge in [0.15, 0.2) is 12.0 Å². The summed E-state index contributed by atoms with van der Waals surface area (Å²) in [4.78, 5) is 34.5. The van der Waals surface area contributed by atoms with Gasteiger partial charge in [-0.15, -0.1) is 4.89 Å². The molecule has 0 heterocycles. The van der Waals surface area contributed by atoms with E-state index in [9.17, 15) is 24.4 Å². The second-order valence-electron chi connectivity index (χ2n) is 6.35. The smallest absolute Gasteiger partial charge is 0.507 e. The minimum absolute atomic E-state index is 0.00645. The molecule has 3 N–H and O–H groups in total. The van der Waals surface area contributed by atoms with Gasteiger partial charge in [-0.1, -0.05) is 26.0 Å². The van der Waals surface area contributed by atoms with E-state index in [4.69, 9.17) is 4.89 Å². The quantitative estimate of drug-likeness (QED) is 0.462. The summed E-state index contributed by atoms with van der Waals surface area (Å²) in [5.74, 6) is -2.07. The van der Waals surface area contributed by atoms with E-state index in [1.165, 1.54) is 30.3 Å². The lowest BCUT2D eigenvalue weighted by molar-refractivity contribution is 0.0974. The maximum Gasteiger partial charge on any atom is 0.746 e. The fourth-order valence-electron chi connectivity index (χ4n) is 3.09. The number of ketones is 2. The van der Waals surface area contributed by atoms with Crippen LogP contribution in [0.15, 0.2) is 36.6 Å². The zero-order valence-corrected chi connectivity index (χ0v) is 15.4. The van der Waals surface area contributed by atoms with E-state index in [2.05, 4.69) is 4.52 Å². The second kappa shape index (κ2) is 6.95. The topological polar surface area (TPSA) is 121 Å². The van der Waals surface area contributed by atoms with Crippen molar-refractivity contribution in [1.82, 2.24) is 0 Å². The van der Waals surface area contributed by atoms with E-state index in [1.54, 1.807) is 13.8 Å². The highest BCUT2D eigenvalue weighted by atomic mass is 31.1. The number of carbonyl (C=O) groups excluding carboxylic acids is 2. The SMILES string of the molecule is CC(C)C(=CO[P+](=O)O)c1cc(O)c2c(c1)C(=O)c1cccc(O)c1C2=O. The lowest BCUT2D eigenvalue weighted by Gasteiger charge is -2.21. The van der Waals surface area contributed by atoms with Crippen molar-refractivity contribution in [2.75, 3.05) is 0 Å².